The molecule has 0 heterocycles. The number of nitriles is 1. The van der Waals surface area contributed by atoms with Crippen LogP contribution in [0.1, 0.15) is 43.0 Å². The molecule has 4 heteroatoms. The maximum absolute atomic E-state index is 12.5. The Balaban J connectivity index is 2.11. The third kappa shape index (κ3) is 2.87. The van der Waals surface area contributed by atoms with Gasteiger partial charge in [0.2, 0.25) is 0 Å². The summed E-state index contributed by atoms with van der Waals surface area (Å²) in [6, 6.07) is 9.95. The van der Waals surface area contributed by atoms with Crippen molar-refractivity contribution in [3.8, 4) is 6.07 Å². The maximum Gasteiger partial charge on any atom is 0.254 e. The van der Waals surface area contributed by atoms with Crippen LogP contribution in [0.25, 0.3) is 0 Å². The van der Waals surface area contributed by atoms with Gasteiger partial charge in [-0.05, 0) is 49.9 Å². The summed E-state index contributed by atoms with van der Waals surface area (Å²) in [5.41, 5.74) is 1.16. The summed E-state index contributed by atoms with van der Waals surface area (Å²) in [6.45, 7) is 3.13. The van der Waals surface area contributed by atoms with Crippen molar-refractivity contribution < 1.29 is 4.79 Å². The van der Waals surface area contributed by atoms with E-state index in [4.69, 9.17) is 0 Å². The van der Waals surface area contributed by atoms with Gasteiger partial charge in [0.25, 0.3) is 5.91 Å². The fourth-order valence-electron chi connectivity index (χ4n) is 2.74. The summed E-state index contributed by atoms with van der Waals surface area (Å²) in [5.74, 6) is -0.0686. The Hall–Kier alpha value is -2.02. The van der Waals surface area contributed by atoms with E-state index in [1.807, 2.05) is 31.3 Å². The second kappa shape index (κ2) is 6.17. The van der Waals surface area contributed by atoms with Gasteiger partial charge in [-0.1, -0.05) is 6.92 Å². The van der Waals surface area contributed by atoms with E-state index in [9.17, 15) is 10.1 Å². The van der Waals surface area contributed by atoms with Crippen LogP contribution in [0.2, 0.25) is 0 Å². The van der Waals surface area contributed by atoms with Crippen LogP contribution in [0.15, 0.2) is 24.3 Å². The van der Waals surface area contributed by atoms with Crippen LogP contribution in [0.3, 0.4) is 0 Å². The Morgan fingerprint density at radius 3 is 2.33 bits per heavy atom. The fraction of sp³-hybridized carbons (Fsp3) is 0.529. The Morgan fingerprint density at radius 2 is 1.90 bits per heavy atom. The minimum atomic E-state index is -0.589. The smallest absolute Gasteiger partial charge is 0.254 e. The van der Waals surface area contributed by atoms with E-state index in [0.29, 0.717) is 5.56 Å². The standard InChI is InChI=1S/C17H23N3O/c1-4-12-19(2)15-8-6-14(7-9-15)16(21)20(3)17(13-18)10-5-11-17/h6-9H,4-5,10-12H2,1-3H3. The zero-order valence-corrected chi connectivity index (χ0v) is 13.1. The van der Waals surface area contributed by atoms with Crippen molar-refractivity contribution in [2.45, 2.75) is 38.1 Å². The largest absolute Gasteiger partial charge is 0.375 e. The maximum atomic E-state index is 12.5. The zero-order chi connectivity index (χ0) is 15.5. The summed E-state index contributed by atoms with van der Waals surface area (Å²) in [4.78, 5) is 16.3. The molecule has 2 rings (SSSR count). The zero-order valence-electron chi connectivity index (χ0n) is 13.1. The highest BCUT2D eigenvalue weighted by Gasteiger charge is 2.43. The molecular formula is C17H23N3O. The number of hydrogen-bond donors (Lipinski definition) is 0. The first-order chi connectivity index (χ1) is 10.0. The van der Waals surface area contributed by atoms with Crippen molar-refractivity contribution in [1.82, 2.24) is 4.90 Å². The third-order valence-corrected chi connectivity index (χ3v) is 4.45. The lowest BCUT2D eigenvalue weighted by Crippen LogP contribution is -2.53. The number of rotatable bonds is 5. The number of carbonyl (C=O) groups excluding carboxylic acids is 1. The summed E-state index contributed by atoms with van der Waals surface area (Å²) in [6.07, 6.45) is 3.67. The van der Waals surface area contributed by atoms with Gasteiger partial charge in [0.15, 0.2) is 0 Å². The predicted octanol–water partition coefficient (Wildman–Crippen LogP) is 3.05. The lowest BCUT2D eigenvalue weighted by molar-refractivity contribution is 0.0497. The molecule has 0 N–H and O–H groups in total. The Bertz CT molecular complexity index is 540. The molecule has 0 aromatic heterocycles. The predicted molar refractivity (Wildman–Crippen MR) is 84.3 cm³/mol. The molecule has 0 spiro atoms. The van der Waals surface area contributed by atoms with E-state index < -0.39 is 5.54 Å². The SMILES string of the molecule is CCCN(C)c1ccc(C(=O)N(C)C2(C#N)CCC2)cc1. The van der Waals surface area contributed by atoms with E-state index in [2.05, 4.69) is 17.9 Å². The van der Waals surface area contributed by atoms with Gasteiger partial charge in [0.05, 0.1) is 6.07 Å². The van der Waals surface area contributed by atoms with Crippen LogP contribution < -0.4 is 4.90 Å². The molecule has 1 aliphatic rings. The minimum Gasteiger partial charge on any atom is -0.375 e. The van der Waals surface area contributed by atoms with E-state index in [1.54, 1.807) is 11.9 Å². The lowest BCUT2D eigenvalue weighted by Gasteiger charge is -2.42. The molecule has 0 radical (unpaired) electrons. The summed E-state index contributed by atoms with van der Waals surface area (Å²) < 4.78 is 0. The molecule has 0 unspecified atom stereocenters. The first-order valence-corrected chi connectivity index (χ1v) is 7.54. The molecule has 1 fully saturated rings. The van der Waals surface area contributed by atoms with Gasteiger partial charge in [0, 0.05) is 31.9 Å². The number of amides is 1. The second-order valence-corrected chi connectivity index (χ2v) is 5.83. The van der Waals surface area contributed by atoms with Crippen LogP contribution in [0, 0.1) is 11.3 Å². The van der Waals surface area contributed by atoms with Gasteiger partial charge in [-0.15, -0.1) is 0 Å². The normalized spacial score (nSPS) is 15.7. The molecule has 1 saturated carbocycles. The first-order valence-electron chi connectivity index (χ1n) is 7.54. The van der Waals surface area contributed by atoms with Crippen molar-refractivity contribution in [2.24, 2.45) is 0 Å². The fourth-order valence-corrected chi connectivity index (χ4v) is 2.74. The van der Waals surface area contributed by atoms with Crippen molar-refractivity contribution in [3.63, 3.8) is 0 Å². The molecule has 1 amide bonds. The molecule has 4 nitrogen and oxygen atoms in total. The van der Waals surface area contributed by atoms with Gasteiger partial charge in [0.1, 0.15) is 5.54 Å². The number of hydrogen-bond acceptors (Lipinski definition) is 3. The van der Waals surface area contributed by atoms with Crippen LogP contribution in [0.4, 0.5) is 5.69 Å². The third-order valence-electron chi connectivity index (χ3n) is 4.45. The van der Waals surface area contributed by atoms with Crippen LogP contribution in [0.5, 0.6) is 0 Å². The molecule has 1 aliphatic carbocycles. The van der Waals surface area contributed by atoms with E-state index in [0.717, 1.165) is 37.9 Å². The van der Waals surface area contributed by atoms with Gasteiger partial charge < -0.3 is 9.80 Å². The van der Waals surface area contributed by atoms with Crippen molar-refractivity contribution in [2.75, 3.05) is 25.5 Å². The number of carbonyl (C=O) groups is 1. The summed E-state index contributed by atoms with van der Waals surface area (Å²) in [7, 11) is 3.79. The van der Waals surface area contributed by atoms with E-state index in [-0.39, 0.29) is 5.91 Å². The average molecular weight is 285 g/mol. The van der Waals surface area contributed by atoms with Crippen molar-refractivity contribution in [1.29, 1.82) is 5.26 Å². The van der Waals surface area contributed by atoms with Crippen LogP contribution >= 0.6 is 0 Å². The second-order valence-electron chi connectivity index (χ2n) is 5.83. The van der Waals surface area contributed by atoms with Gasteiger partial charge >= 0.3 is 0 Å². The molecule has 0 bridgehead atoms. The topological polar surface area (TPSA) is 47.3 Å². The molecule has 1 aromatic carbocycles. The Labute approximate surface area is 127 Å². The summed E-state index contributed by atoms with van der Waals surface area (Å²) in [5, 5.41) is 9.33. The molecule has 0 atom stereocenters. The number of benzene rings is 1. The Kier molecular flexibility index (Phi) is 4.52. The highest BCUT2D eigenvalue weighted by molar-refractivity contribution is 5.95. The van der Waals surface area contributed by atoms with Gasteiger partial charge in [-0.3, -0.25) is 4.79 Å². The average Bonchev–Trinajstić information content (AvgIpc) is 2.46. The van der Waals surface area contributed by atoms with Gasteiger partial charge in [-0.25, -0.2) is 0 Å². The molecule has 21 heavy (non-hydrogen) atoms. The van der Waals surface area contributed by atoms with Crippen LogP contribution in [-0.4, -0.2) is 37.0 Å². The molecule has 1 aromatic rings. The van der Waals surface area contributed by atoms with Crippen molar-refractivity contribution >= 4 is 11.6 Å². The molecular weight excluding hydrogens is 262 g/mol. The van der Waals surface area contributed by atoms with Gasteiger partial charge in [-0.2, -0.15) is 5.26 Å². The number of nitrogens with zero attached hydrogens (tertiary/aromatic N) is 3. The van der Waals surface area contributed by atoms with E-state index in [1.165, 1.54) is 0 Å². The minimum absolute atomic E-state index is 0.0686. The number of anilines is 1. The monoisotopic (exact) mass is 285 g/mol. The van der Waals surface area contributed by atoms with E-state index >= 15 is 0 Å². The quantitative estimate of drug-likeness (QED) is 0.835. The highest BCUT2D eigenvalue weighted by Crippen LogP contribution is 2.37. The van der Waals surface area contributed by atoms with Crippen LogP contribution in [-0.2, 0) is 0 Å². The first kappa shape index (κ1) is 15.4. The lowest BCUT2D eigenvalue weighted by atomic mass is 9.76. The Morgan fingerprint density at radius 1 is 1.29 bits per heavy atom. The van der Waals surface area contributed by atoms with Crippen molar-refractivity contribution in [3.05, 3.63) is 29.8 Å². The molecule has 112 valence electrons. The highest BCUT2D eigenvalue weighted by atomic mass is 16.2. The molecule has 0 aliphatic heterocycles. The molecule has 0 saturated heterocycles. The summed E-state index contributed by atoms with van der Waals surface area (Å²) >= 11 is 0.